The summed E-state index contributed by atoms with van der Waals surface area (Å²) in [5.41, 5.74) is 1.63. The number of tetrazole rings is 1. The van der Waals surface area contributed by atoms with Crippen LogP contribution in [0.2, 0.25) is 0 Å². The zero-order chi connectivity index (χ0) is 18.4. The Labute approximate surface area is 155 Å². The van der Waals surface area contributed by atoms with Crippen molar-refractivity contribution in [1.29, 1.82) is 0 Å². The van der Waals surface area contributed by atoms with Crippen molar-refractivity contribution in [2.24, 2.45) is 7.05 Å². The van der Waals surface area contributed by atoms with E-state index < -0.39 is 21.7 Å². The molecule has 1 aromatic carbocycles. The van der Waals surface area contributed by atoms with Crippen LogP contribution in [0.25, 0.3) is 0 Å². The summed E-state index contributed by atoms with van der Waals surface area (Å²) in [6, 6.07) is 14.9. The number of nitrogens with one attached hydrogen (secondary N) is 1. The van der Waals surface area contributed by atoms with Gasteiger partial charge in [-0.25, -0.2) is 0 Å². The first-order chi connectivity index (χ1) is 12.6. The van der Waals surface area contributed by atoms with Gasteiger partial charge in [-0.1, -0.05) is 0 Å². The SMILES string of the molecule is Cn1nnnc1/C(=[As]\OCc1cccc(NC(=O)O)n1)c1ccccc1. The van der Waals surface area contributed by atoms with E-state index in [9.17, 15) is 4.79 Å². The molecule has 2 heterocycles. The van der Waals surface area contributed by atoms with E-state index in [4.69, 9.17) is 8.83 Å². The predicted molar refractivity (Wildman–Crippen MR) is 94.9 cm³/mol. The molecule has 1 amide bonds. The van der Waals surface area contributed by atoms with E-state index in [0.717, 1.165) is 9.87 Å². The average molecular weight is 414 g/mol. The maximum absolute atomic E-state index is 10.7. The number of carbonyl (C=O) groups is 1. The van der Waals surface area contributed by atoms with E-state index in [2.05, 4.69) is 25.8 Å². The van der Waals surface area contributed by atoms with Gasteiger partial charge in [0.1, 0.15) is 0 Å². The van der Waals surface area contributed by atoms with Gasteiger partial charge in [-0.2, -0.15) is 0 Å². The number of rotatable bonds is 6. The van der Waals surface area contributed by atoms with Crippen LogP contribution in [-0.4, -0.2) is 56.3 Å². The summed E-state index contributed by atoms with van der Waals surface area (Å²) in [7, 11) is 1.78. The van der Waals surface area contributed by atoms with Crippen molar-refractivity contribution in [3.8, 4) is 0 Å². The third kappa shape index (κ3) is 4.59. The number of nitrogens with zero attached hydrogens (tertiary/aromatic N) is 5. The van der Waals surface area contributed by atoms with Crippen LogP contribution < -0.4 is 5.32 Å². The molecular weight excluding hydrogens is 399 g/mol. The summed E-state index contributed by atoms with van der Waals surface area (Å²) < 4.78 is 8.43. The molecule has 0 aliphatic heterocycles. The van der Waals surface area contributed by atoms with Crippen molar-refractivity contribution in [2.75, 3.05) is 5.32 Å². The van der Waals surface area contributed by atoms with Crippen molar-refractivity contribution in [3.05, 3.63) is 65.6 Å². The van der Waals surface area contributed by atoms with Gasteiger partial charge < -0.3 is 0 Å². The van der Waals surface area contributed by atoms with Gasteiger partial charge in [0.05, 0.1) is 0 Å². The second-order valence-electron chi connectivity index (χ2n) is 5.15. The summed E-state index contributed by atoms with van der Waals surface area (Å²) in [5, 5.41) is 22.7. The number of aryl methyl sites for hydroxylation is 1. The normalized spacial score (nSPS) is 11.3. The molecule has 3 aromatic rings. The molecule has 0 saturated carbocycles. The quantitative estimate of drug-likeness (QED) is 0.581. The van der Waals surface area contributed by atoms with Gasteiger partial charge in [0, 0.05) is 0 Å². The van der Waals surface area contributed by atoms with E-state index >= 15 is 0 Å². The Morgan fingerprint density at radius 2 is 2.04 bits per heavy atom. The Kier molecular flexibility index (Phi) is 5.83. The van der Waals surface area contributed by atoms with E-state index in [0.29, 0.717) is 11.5 Å². The fourth-order valence-electron chi connectivity index (χ4n) is 2.15. The molecule has 0 aliphatic carbocycles. The van der Waals surface area contributed by atoms with Crippen molar-refractivity contribution >= 4 is 31.9 Å². The zero-order valence-electron chi connectivity index (χ0n) is 13.8. The standard InChI is InChI=1S/C16H15AsN6O3/c1-23-15(20-21-22-23)14(11-6-3-2-4-7-11)17-26-10-12-8-5-9-13(18-12)19-16(24)25/h2-9H,10H2,1H3,(H,18,19)(H,24,25). The van der Waals surface area contributed by atoms with Crippen LogP contribution >= 0.6 is 0 Å². The number of amides is 1. The van der Waals surface area contributed by atoms with Crippen LogP contribution in [0.15, 0.2) is 48.5 Å². The van der Waals surface area contributed by atoms with E-state index in [-0.39, 0.29) is 12.4 Å². The minimum absolute atomic E-state index is 0.261. The maximum atomic E-state index is 10.7. The third-order valence-electron chi connectivity index (χ3n) is 3.29. The van der Waals surface area contributed by atoms with E-state index in [1.54, 1.807) is 29.9 Å². The van der Waals surface area contributed by atoms with Gasteiger partial charge in [0.2, 0.25) is 0 Å². The van der Waals surface area contributed by atoms with Gasteiger partial charge >= 0.3 is 155 Å². The van der Waals surface area contributed by atoms with Gasteiger partial charge in [-0.3, -0.25) is 0 Å². The summed E-state index contributed by atoms with van der Waals surface area (Å²) in [6.45, 7) is 0.261. The molecule has 0 radical (unpaired) electrons. The number of hydrogen-bond donors (Lipinski definition) is 2. The van der Waals surface area contributed by atoms with Gasteiger partial charge in [-0.15, -0.1) is 0 Å². The number of carboxylic acid groups (broad SMARTS) is 1. The molecule has 0 saturated heterocycles. The first kappa shape index (κ1) is 17.9. The second kappa shape index (κ2) is 8.46. The first-order valence-electron chi connectivity index (χ1n) is 7.57. The fourth-order valence-corrected chi connectivity index (χ4v) is 3.94. The van der Waals surface area contributed by atoms with Crippen LogP contribution in [0.1, 0.15) is 17.1 Å². The molecule has 132 valence electrons. The van der Waals surface area contributed by atoms with Gasteiger partial charge in [0.15, 0.2) is 0 Å². The number of aromatic nitrogens is 5. The average Bonchev–Trinajstić information content (AvgIpc) is 3.05. The zero-order valence-corrected chi connectivity index (χ0v) is 15.6. The summed E-state index contributed by atoms with van der Waals surface area (Å²) in [4.78, 5) is 14.9. The molecule has 0 spiro atoms. The Hall–Kier alpha value is -2.90. The third-order valence-corrected chi connectivity index (χ3v) is 5.18. The first-order valence-corrected chi connectivity index (χ1v) is 9.28. The van der Waals surface area contributed by atoms with Crippen molar-refractivity contribution in [2.45, 2.75) is 6.61 Å². The van der Waals surface area contributed by atoms with Gasteiger partial charge in [-0.05, 0) is 0 Å². The summed E-state index contributed by atoms with van der Waals surface area (Å²) in [6.07, 6.45) is -1.16. The van der Waals surface area contributed by atoms with Crippen LogP contribution in [0.4, 0.5) is 10.6 Å². The number of benzene rings is 1. The van der Waals surface area contributed by atoms with Crippen LogP contribution in [0.3, 0.4) is 0 Å². The van der Waals surface area contributed by atoms with E-state index in [1.807, 2.05) is 30.3 Å². The molecule has 3 rings (SSSR count). The van der Waals surface area contributed by atoms with Crippen LogP contribution in [0.5, 0.6) is 0 Å². The monoisotopic (exact) mass is 414 g/mol. The molecule has 26 heavy (non-hydrogen) atoms. The molecule has 0 unspecified atom stereocenters. The molecule has 2 aromatic heterocycles. The molecule has 0 aliphatic rings. The minimum atomic E-state index is -1.16. The van der Waals surface area contributed by atoms with Crippen LogP contribution in [-0.2, 0) is 17.4 Å². The van der Waals surface area contributed by atoms with Crippen molar-refractivity contribution in [3.63, 3.8) is 0 Å². The molecule has 0 fully saturated rings. The fraction of sp³-hybridized carbons (Fsp3) is 0.125. The number of anilines is 1. The van der Waals surface area contributed by atoms with Crippen molar-refractivity contribution in [1.82, 2.24) is 25.2 Å². The Balaban J connectivity index is 1.80. The molecule has 10 heteroatoms. The molecule has 0 atom stereocenters. The Bertz CT molecular complexity index is 928. The van der Waals surface area contributed by atoms with Crippen molar-refractivity contribution < 1.29 is 13.6 Å². The van der Waals surface area contributed by atoms with E-state index in [1.165, 1.54) is 0 Å². The molecule has 9 nitrogen and oxygen atoms in total. The predicted octanol–water partition coefficient (Wildman–Crippen LogP) is 1.10. The molecule has 2 N–H and O–H groups in total. The Morgan fingerprint density at radius 1 is 1.23 bits per heavy atom. The number of pyridine rings is 1. The Morgan fingerprint density at radius 3 is 2.73 bits per heavy atom. The van der Waals surface area contributed by atoms with Crippen LogP contribution in [0, 0.1) is 0 Å². The summed E-state index contributed by atoms with van der Waals surface area (Å²) in [5.74, 6) is 0.921. The number of hydrogen-bond acceptors (Lipinski definition) is 6. The topological polar surface area (TPSA) is 115 Å². The van der Waals surface area contributed by atoms with Gasteiger partial charge in [0.25, 0.3) is 0 Å². The molecule has 0 bridgehead atoms. The molecular formula is C16H15AsN6O3. The second-order valence-corrected chi connectivity index (χ2v) is 7.01. The summed E-state index contributed by atoms with van der Waals surface area (Å²) >= 11 is -0.697.